The van der Waals surface area contributed by atoms with Crippen molar-refractivity contribution in [1.29, 1.82) is 0 Å². The predicted octanol–water partition coefficient (Wildman–Crippen LogP) is 1.78. The van der Waals surface area contributed by atoms with Crippen molar-refractivity contribution in [3.05, 3.63) is 36.2 Å². The molecular weight excluding hydrogens is 296 g/mol. The minimum absolute atomic E-state index is 0.174. The van der Waals surface area contributed by atoms with Crippen molar-refractivity contribution in [2.24, 2.45) is 0 Å². The van der Waals surface area contributed by atoms with Gasteiger partial charge in [0.05, 0.1) is 26.4 Å². The fraction of sp³-hybridized carbons (Fsp3) is 0.500. The van der Waals surface area contributed by atoms with Gasteiger partial charge >= 0.3 is 0 Å². The second-order valence-corrected chi connectivity index (χ2v) is 5.51. The van der Waals surface area contributed by atoms with E-state index in [1.165, 1.54) is 0 Å². The first kappa shape index (κ1) is 15.8. The van der Waals surface area contributed by atoms with Gasteiger partial charge in [-0.25, -0.2) is 4.98 Å². The smallest absolute Gasteiger partial charge is 0.183 e. The van der Waals surface area contributed by atoms with E-state index in [2.05, 4.69) is 19.9 Å². The van der Waals surface area contributed by atoms with Gasteiger partial charge in [0, 0.05) is 44.9 Å². The summed E-state index contributed by atoms with van der Waals surface area (Å²) in [4.78, 5) is 14.4. The molecule has 1 unspecified atom stereocenters. The van der Waals surface area contributed by atoms with Crippen LogP contribution in [0.1, 0.15) is 24.0 Å². The van der Waals surface area contributed by atoms with Crippen molar-refractivity contribution in [2.75, 3.05) is 27.9 Å². The molecule has 0 aromatic carbocycles. The zero-order valence-electron chi connectivity index (χ0n) is 13.7. The molecule has 23 heavy (non-hydrogen) atoms. The van der Waals surface area contributed by atoms with E-state index in [0.717, 1.165) is 24.5 Å². The average molecular weight is 318 g/mol. The van der Waals surface area contributed by atoms with Gasteiger partial charge in [-0.3, -0.25) is 9.88 Å². The topological polar surface area (TPSA) is 72.5 Å². The van der Waals surface area contributed by atoms with Crippen LogP contribution in [0.3, 0.4) is 0 Å². The number of hydrogen-bond acceptors (Lipinski definition) is 6. The lowest BCUT2D eigenvalue weighted by Crippen LogP contribution is -2.26. The van der Waals surface area contributed by atoms with E-state index < -0.39 is 0 Å². The van der Waals surface area contributed by atoms with Crippen molar-refractivity contribution < 1.29 is 14.2 Å². The summed E-state index contributed by atoms with van der Waals surface area (Å²) in [5, 5.41) is 0. The first-order valence-electron chi connectivity index (χ1n) is 7.58. The van der Waals surface area contributed by atoms with E-state index in [-0.39, 0.29) is 12.1 Å². The van der Waals surface area contributed by atoms with Crippen molar-refractivity contribution in [2.45, 2.75) is 25.1 Å². The van der Waals surface area contributed by atoms with Gasteiger partial charge in [-0.1, -0.05) is 0 Å². The molecule has 1 N–H and O–H groups in total. The molecule has 7 nitrogen and oxygen atoms in total. The molecule has 2 atom stereocenters. The summed E-state index contributed by atoms with van der Waals surface area (Å²) in [5.74, 6) is 2.31. The molecule has 0 radical (unpaired) electrons. The van der Waals surface area contributed by atoms with E-state index in [1.807, 2.05) is 6.20 Å². The molecule has 1 saturated heterocycles. The van der Waals surface area contributed by atoms with E-state index in [0.29, 0.717) is 18.0 Å². The summed E-state index contributed by atoms with van der Waals surface area (Å²) in [5.41, 5.74) is 0.847. The maximum atomic E-state index is 5.55. The number of rotatable bonds is 6. The molecule has 0 saturated carbocycles. The van der Waals surface area contributed by atoms with Crippen molar-refractivity contribution in [3.8, 4) is 11.5 Å². The van der Waals surface area contributed by atoms with Crippen molar-refractivity contribution in [3.63, 3.8) is 0 Å². The highest BCUT2D eigenvalue weighted by Gasteiger charge is 2.35. The standard InChI is InChI=1S/C16H22N4O3/c1-21-11-8-13(16-18-6-7-19-16)20(9-11)10-12-15(23-3)14(22-2)4-5-17-12/h4-7,11,13H,8-10H2,1-3H3,(H,18,19)/t11-,13?/m1/s1. The summed E-state index contributed by atoms with van der Waals surface area (Å²) in [6.07, 6.45) is 6.44. The lowest BCUT2D eigenvalue weighted by atomic mass is 10.2. The second-order valence-electron chi connectivity index (χ2n) is 5.51. The lowest BCUT2D eigenvalue weighted by molar-refractivity contribution is 0.107. The molecule has 1 fully saturated rings. The van der Waals surface area contributed by atoms with Crippen LogP contribution in [0.25, 0.3) is 0 Å². The van der Waals surface area contributed by atoms with Crippen LogP contribution in [0.5, 0.6) is 11.5 Å². The third kappa shape index (κ3) is 3.16. The van der Waals surface area contributed by atoms with Crippen LogP contribution >= 0.6 is 0 Å². The van der Waals surface area contributed by atoms with Gasteiger partial charge in [0.15, 0.2) is 11.5 Å². The SMILES string of the molecule is COc1ccnc(CN2C[C@H](OC)CC2c2ncc[nH]2)c1OC. The molecule has 7 heteroatoms. The van der Waals surface area contributed by atoms with Crippen molar-refractivity contribution in [1.82, 2.24) is 19.9 Å². The van der Waals surface area contributed by atoms with E-state index in [4.69, 9.17) is 14.2 Å². The molecule has 2 aromatic heterocycles. The molecule has 1 aliphatic rings. The fourth-order valence-electron chi connectivity index (χ4n) is 3.11. The first-order chi connectivity index (χ1) is 11.3. The Morgan fingerprint density at radius 3 is 2.74 bits per heavy atom. The Bertz CT molecular complexity index is 632. The third-order valence-corrected chi connectivity index (χ3v) is 4.25. The molecule has 124 valence electrons. The van der Waals surface area contributed by atoms with Gasteiger partial charge in [0.25, 0.3) is 0 Å². The molecule has 2 aromatic rings. The highest BCUT2D eigenvalue weighted by molar-refractivity contribution is 5.42. The molecule has 3 heterocycles. The number of nitrogens with zero attached hydrogens (tertiary/aromatic N) is 3. The number of imidazole rings is 1. The molecule has 1 aliphatic heterocycles. The molecular formula is C16H22N4O3. The quantitative estimate of drug-likeness (QED) is 0.875. The normalized spacial score (nSPS) is 21.5. The molecule has 0 bridgehead atoms. The lowest BCUT2D eigenvalue weighted by Gasteiger charge is -2.23. The predicted molar refractivity (Wildman–Crippen MR) is 84.5 cm³/mol. The van der Waals surface area contributed by atoms with Gasteiger partial charge in [0.2, 0.25) is 0 Å². The number of aromatic amines is 1. The monoisotopic (exact) mass is 318 g/mol. The summed E-state index contributed by atoms with van der Waals surface area (Å²) in [7, 11) is 5.01. The molecule has 3 rings (SSSR count). The molecule has 0 spiro atoms. The minimum Gasteiger partial charge on any atom is -0.493 e. The Morgan fingerprint density at radius 1 is 1.22 bits per heavy atom. The van der Waals surface area contributed by atoms with Crippen LogP contribution in [0, 0.1) is 0 Å². The van der Waals surface area contributed by atoms with E-state index in [9.17, 15) is 0 Å². The van der Waals surface area contributed by atoms with Gasteiger partial charge in [-0.15, -0.1) is 0 Å². The van der Waals surface area contributed by atoms with Crippen LogP contribution < -0.4 is 9.47 Å². The van der Waals surface area contributed by atoms with Gasteiger partial charge < -0.3 is 19.2 Å². The minimum atomic E-state index is 0.174. The van der Waals surface area contributed by atoms with Crippen LogP contribution in [-0.2, 0) is 11.3 Å². The average Bonchev–Trinajstić information content (AvgIpc) is 3.23. The van der Waals surface area contributed by atoms with E-state index in [1.54, 1.807) is 39.8 Å². The Morgan fingerprint density at radius 2 is 2.09 bits per heavy atom. The number of hydrogen-bond donors (Lipinski definition) is 1. The number of methoxy groups -OCH3 is 3. The Kier molecular flexibility index (Phi) is 4.78. The summed E-state index contributed by atoms with van der Waals surface area (Å²) in [6, 6.07) is 1.97. The third-order valence-electron chi connectivity index (χ3n) is 4.25. The molecule has 0 aliphatic carbocycles. The van der Waals surface area contributed by atoms with Gasteiger partial charge in [0.1, 0.15) is 11.5 Å². The van der Waals surface area contributed by atoms with Crippen molar-refractivity contribution >= 4 is 0 Å². The van der Waals surface area contributed by atoms with E-state index >= 15 is 0 Å². The Labute approximate surface area is 135 Å². The zero-order valence-corrected chi connectivity index (χ0v) is 13.7. The number of ether oxygens (including phenoxy) is 3. The maximum absolute atomic E-state index is 5.55. The number of pyridine rings is 1. The Hall–Kier alpha value is -2.12. The Balaban J connectivity index is 1.86. The highest BCUT2D eigenvalue weighted by Crippen LogP contribution is 2.36. The highest BCUT2D eigenvalue weighted by atomic mass is 16.5. The number of likely N-dealkylation sites (tertiary alicyclic amines) is 1. The number of aromatic nitrogens is 3. The van der Waals surface area contributed by atoms with Gasteiger partial charge in [-0.2, -0.15) is 0 Å². The summed E-state index contributed by atoms with van der Waals surface area (Å²) < 4.78 is 16.4. The zero-order chi connectivity index (χ0) is 16.2. The van der Waals surface area contributed by atoms with Gasteiger partial charge in [-0.05, 0) is 6.42 Å². The maximum Gasteiger partial charge on any atom is 0.183 e. The van der Waals surface area contributed by atoms with Crippen LogP contribution in [0.4, 0.5) is 0 Å². The largest absolute Gasteiger partial charge is 0.493 e. The molecule has 0 amide bonds. The van der Waals surface area contributed by atoms with Crippen LogP contribution in [0.2, 0.25) is 0 Å². The van der Waals surface area contributed by atoms with Crippen LogP contribution in [0.15, 0.2) is 24.7 Å². The second kappa shape index (κ2) is 6.97. The number of nitrogens with one attached hydrogen (secondary N) is 1. The number of H-pyrrole nitrogens is 1. The summed E-state index contributed by atoms with van der Waals surface area (Å²) in [6.45, 7) is 1.47. The fourth-order valence-corrected chi connectivity index (χ4v) is 3.11. The summed E-state index contributed by atoms with van der Waals surface area (Å²) >= 11 is 0. The first-order valence-corrected chi connectivity index (χ1v) is 7.58. The van der Waals surface area contributed by atoms with Crippen LogP contribution in [-0.4, -0.2) is 53.8 Å².